The second-order valence-electron chi connectivity index (χ2n) is 13.5. The predicted octanol–water partition coefficient (Wildman–Crippen LogP) is 10.5. The summed E-state index contributed by atoms with van der Waals surface area (Å²) in [5, 5.41) is 13.5. The maximum atomic E-state index is 5.00. The van der Waals surface area contributed by atoms with Crippen LogP contribution in [0, 0.1) is 13.8 Å². The monoisotopic (exact) mass is 802 g/mol. The second-order valence-corrected chi connectivity index (χ2v) is 17.5. The number of aromatic nitrogens is 2. The van der Waals surface area contributed by atoms with Crippen molar-refractivity contribution in [2.24, 2.45) is 10.2 Å². The van der Waals surface area contributed by atoms with E-state index in [4.69, 9.17) is 9.97 Å². The molecule has 6 rings (SSSR count). The number of rotatable bonds is 8. The van der Waals surface area contributed by atoms with E-state index < -0.39 is 0 Å². The zero-order chi connectivity index (χ0) is 37.1. The van der Waals surface area contributed by atoms with E-state index in [1.54, 1.807) is 22.7 Å². The van der Waals surface area contributed by atoms with Crippen LogP contribution in [-0.2, 0) is 11.5 Å². The highest BCUT2D eigenvalue weighted by Gasteiger charge is 2.17. The zero-order valence-corrected chi connectivity index (χ0v) is 36.0. The Labute approximate surface area is 335 Å². The molecule has 13 heteroatoms. The molecule has 0 aliphatic rings. The third kappa shape index (κ3) is 9.66. The summed E-state index contributed by atoms with van der Waals surface area (Å²) < 4.78 is 6.73. The van der Waals surface area contributed by atoms with Crippen LogP contribution in [0.4, 0.5) is 11.4 Å². The van der Waals surface area contributed by atoms with E-state index >= 15 is 0 Å². The number of fused-ring (bicyclic) bond motifs is 2. The van der Waals surface area contributed by atoms with Crippen LogP contribution in [0.1, 0.15) is 22.3 Å². The van der Waals surface area contributed by atoms with Gasteiger partial charge in [-0.3, -0.25) is 19.0 Å². The van der Waals surface area contributed by atoms with E-state index in [1.165, 1.54) is 42.0 Å². The first-order chi connectivity index (χ1) is 24.9. The lowest BCUT2D eigenvalue weighted by Gasteiger charge is -2.11. The largest absolute Gasteiger partial charge is 0.307 e. The van der Waals surface area contributed by atoms with Gasteiger partial charge in [-0.1, -0.05) is 0 Å². The van der Waals surface area contributed by atoms with Crippen LogP contribution >= 0.6 is 58.6 Å². The fourth-order valence-electron chi connectivity index (χ4n) is 5.85. The van der Waals surface area contributed by atoms with Crippen molar-refractivity contribution in [3.05, 3.63) is 95.1 Å². The molecule has 0 bridgehead atoms. The summed E-state index contributed by atoms with van der Waals surface area (Å²) in [7, 11) is 16.7. The van der Waals surface area contributed by atoms with Gasteiger partial charge in [0.25, 0.3) is 0 Å². The summed E-state index contributed by atoms with van der Waals surface area (Å²) in [5.74, 6) is 1.80. The van der Waals surface area contributed by atoms with Crippen molar-refractivity contribution >= 4 is 101 Å². The second kappa shape index (κ2) is 17.6. The molecule has 0 unspecified atom stereocenters. The smallest absolute Gasteiger partial charge is 0.262 e. The van der Waals surface area contributed by atoms with E-state index in [0.29, 0.717) is 0 Å². The Bertz CT molecular complexity index is 2150. The number of halogens is 1. The maximum absolute atomic E-state index is 5.00. The number of benzene rings is 4. The Hall–Kier alpha value is -3.81. The fraction of sp³-hybridized carbons (Fsp3) is 0.300. The molecule has 0 saturated heterocycles. The van der Waals surface area contributed by atoms with Gasteiger partial charge in [0, 0.05) is 22.6 Å². The number of hydrogen-bond acceptors (Lipinski definition) is 8. The molecule has 0 aliphatic carbocycles. The maximum Gasteiger partial charge on any atom is 0.307 e. The van der Waals surface area contributed by atoms with Gasteiger partial charge < -0.3 is 0 Å². The van der Waals surface area contributed by atoms with Gasteiger partial charge >= 0.3 is 10.3 Å². The average Bonchev–Trinajstić information content (AvgIpc) is 3.71. The van der Waals surface area contributed by atoms with Gasteiger partial charge in [-0.2, -0.15) is 10.2 Å². The molecule has 53 heavy (non-hydrogen) atoms. The Morgan fingerprint density at radius 1 is 0.604 bits per heavy atom. The molecule has 2 aromatic heterocycles. The van der Waals surface area contributed by atoms with E-state index in [2.05, 4.69) is 148 Å². The van der Waals surface area contributed by atoms with E-state index in [-0.39, 0.29) is 12.4 Å². The lowest BCUT2D eigenvalue weighted by Crippen LogP contribution is -2.26. The molecule has 0 fully saturated rings. The minimum atomic E-state index is 0. The highest BCUT2D eigenvalue weighted by molar-refractivity contribution is 8.13. The molecule has 8 nitrogen and oxygen atoms in total. The number of amidine groups is 2. The highest BCUT2D eigenvalue weighted by atomic mass is 35.5. The summed E-state index contributed by atoms with van der Waals surface area (Å²) >= 11 is 7.14. The van der Waals surface area contributed by atoms with Crippen molar-refractivity contribution in [3.8, 4) is 21.1 Å². The third-order valence-electron chi connectivity index (χ3n) is 8.45. The van der Waals surface area contributed by atoms with E-state index in [0.717, 1.165) is 55.1 Å². The number of nitrogens with zero attached hydrogens (tertiary/aromatic N) is 8. The van der Waals surface area contributed by atoms with Crippen LogP contribution in [-0.4, -0.2) is 95.6 Å². The van der Waals surface area contributed by atoms with Gasteiger partial charge in [0.2, 0.25) is 0 Å². The summed E-state index contributed by atoms with van der Waals surface area (Å²) in [6, 6.07) is 25.4. The van der Waals surface area contributed by atoms with Crippen LogP contribution in [0.3, 0.4) is 0 Å². The Morgan fingerprint density at radius 3 is 1.28 bits per heavy atom. The Kier molecular flexibility index (Phi) is 13.4. The normalized spacial score (nSPS) is 11.3. The molecular formula is C40H47ClN8S4+2. The molecule has 0 spiro atoms. The number of thioether (sulfide) groups is 2. The number of aryl methyl sites for hydroxylation is 2. The van der Waals surface area contributed by atoms with Gasteiger partial charge in [0.15, 0.2) is 0 Å². The number of hydrogen-bond donors (Lipinski definition) is 0. The predicted molar refractivity (Wildman–Crippen MR) is 235 cm³/mol. The molecule has 0 radical (unpaired) electrons. The van der Waals surface area contributed by atoms with Crippen LogP contribution < -0.4 is 0 Å². The SMILES string of the molecule is Cc1cc2sc(-c3ccc(N=Nc4ccc(-c5nc6cc(CSC(N(C)C)=[N+](C)C)c(C)cc6s5)cc4)cc3)nc2cc1CSC(N(C)C)=[N+](C)C.Cl. The molecule has 0 aliphatic heterocycles. The molecule has 276 valence electrons. The molecule has 0 N–H and O–H groups in total. The fourth-order valence-corrected chi connectivity index (χ4v) is 10.2. The molecule has 0 atom stereocenters. The first-order valence-electron chi connectivity index (χ1n) is 17.0. The Morgan fingerprint density at radius 2 is 0.962 bits per heavy atom. The van der Waals surface area contributed by atoms with Crippen molar-refractivity contribution in [2.45, 2.75) is 25.4 Å². The van der Waals surface area contributed by atoms with Crippen LogP contribution in [0.2, 0.25) is 0 Å². The summed E-state index contributed by atoms with van der Waals surface area (Å²) in [6.07, 6.45) is 0. The average molecular weight is 804 g/mol. The van der Waals surface area contributed by atoms with Crippen molar-refractivity contribution in [3.63, 3.8) is 0 Å². The van der Waals surface area contributed by atoms with Crippen molar-refractivity contribution in [2.75, 3.05) is 56.4 Å². The summed E-state index contributed by atoms with van der Waals surface area (Å²) in [4.78, 5) is 14.3. The minimum absolute atomic E-state index is 0. The van der Waals surface area contributed by atoms with Gasteiger partial charge in [0.1, 0.15) is 10.0 Å². The van der Waals surface area contributed by atoms with Crippen LogP contribution in [0.5, 0.6) is 0 Å². The minimum Gasteiger partial charge on any atom is -0.262 e. The van der Waals surface area contributed by atoms with E-state index in [1.807, 2.05) is 47.8 Å². The van der Waals surface area contributed by atoms with Crippen LogP contribution in [0.25, 0.3) is 41.6 Å². The Balaban J connectivity index is 0.00000541. The van der Waals surface area contributed by atoms with Crippen molar-refractivity contribution < 1.29 is 9.15 Å². The van der Waals surface area contributed by atoms with Gasteiger partial charge in [-0.25, -0.2) is 9.97 Å². The van der Waals surface area contributed by atoms with Gasteiger partial charge in [-0.05, 0) is 132 Å². The zero-order valence-electron chi connectivity index (χ0n) is 32.0. The first-order valence-corrected chi connectivity index (χ1v) is 20.6. The highest BCUT2D eigenvalue weighted by Crippen LogP contribution is 2.36. The molecule has 0 amide bonds. The lowest BCUT2D eigenvalue weighted by molar-refractivity contribution is -0.466. The number of azo groups is 1. The van der Waals surface area contributed by atoms with Gasteiger partial charge in [0.05, 0.1) is 88.2 Å². The topological polar surface area (TPSA) is 63.0 Å². The van der Waals surface area contributed by atoms with Crippen molar-refractivity contribution in [1.29, 1.82) is 0 Å². The molecule has 4 aromatic carbocycles. The first kappa shape index (κ1) is 40.4. The lowest BCUT2D eigenvalue weighted by atomic mass is 10.1. The molecule has 0 saturated carbocycles. The van der Waals surface area contributed by atoms with Gasteiger partial charge in [-0.15, -0.1) is 35.1 Å². The van der Waals surface area contributed by atoms with E-state index in [9.17, 15) is 0 Å². The van der Waals surface area contributed by atoms with Crippen LogP contribution in [0.15, 0.2) is 83.0 Å². The summed E-state index contributed by atoms with van der Waals surface area (Å²) in [6.45, 7) is 4.38. The molecule has 2 heterocycles. The molecular weight excluding hydrogens is 756 g/mol. The third-order valence-corrected chi connectivity index (χ3v) is 13.5. The van der Waals surface area contributed by atoms with Crippen molar-refractivity contribution in [1.82, 2.24) is 19.8 Å². The quantitative estimate of drug-likeness (QED) is 0.0661. The molecule has 6 aromatic rings. The standard InChI is InChI=1S/C40H46N8S4.ClH/c1-25-19-35-33(21-29(25)23-49-39(45(3)4)46(5)6)41-37(51-35)27-11-15-31(16-12-27)43-44-32-17-13-28(14-18-32)38-42-34-22-30(26(2)20-36(34)52-38)24-50-40(47(7)8)48(9)10;/h11-22H,23-24H2,1-10H3;1H/q+2;. The number of thiazole rings is 2. The summed E-state index contributed by atoms with van der Waals surface area (Å²) in [5.41, 5.74) is 11.1.